The SMILES string of the molecule is COc1cc(C=O)cc(C=CCO)c1OC. The molecule has 0 unspecified atom stereocenters. The molecule has 0 amide bonds. The predicted molar refractivity (Wildman–Crippen MR) is 61.1 cm³/mol. The maximum Gasteiger partial charge on any atom is 0.167 e. The van der Waals surface area contributed by atoms with Gasteiger partial charge in [-0.1, -0.05) is 12.2 Å². The number of carbonyl (C=O) groups excluding carboxylic acids is 1. The molecule has 0 aliphatic heterocycles. The van der Waals surface area contributed by atoms with Gasteiger partial charge in [-0.15, -0.1) is 0 Å². The van der Waals surface area contributed by atoms with E-state index in [1.165, 1.54) is 14.2 Å². The van der Waals surface area contributed by atoms with Gasteiger partial charge in [0.05, 0.1) is 20.8 Å². The van der Waals surface area contributed by atoms with Crippen molar-refractivity contribution in [2.75, 3.05) is 20.8 Å². The molecule has 1 N–H and O–H groups in total. The molecule has 0 aliphatic carbocycles. The number of carbonyl (C=O) groups is 1. The molecule has 4 heteroatoms. The van der Waals surface area contributed by atoms with Crippen LogP contribution in [-0.2, 0) is 0 Å². The quantitative estimate of drug-likeness (QED) is 0.767. The highest BCUT2D eigenvalue weighted by Gasteiger charge is 2.09. The minimum atomic E-state index is -0.0726. The van der Waals surface area contributed by atoms with Crippen LogP contribution < -0.4 is 9.47 Å². The number of benzene rings is 1. The summed E-state index contributed by atoms with van der Waals surface area (Å²) in [5, 5.41) is 8.72. The van der Waals surface area contributed by atoms with E-state index in [-0.39, 0.29) is 6.61 Å². The number of hydrogen-bond donors (Lipinski definition) is 1. The van der Waals surface area contributed by atoms with Crippen LogP contribution in [0.4, 0.5) is 0 Å². The van der Waals surface area contributed by atoms with Crippen molar-refractivity contribution in [3.63, 3.8) is 0 Å². The molecule has 16 heavy (non-hydrogen) atoms. The first kappa shape index (κ1) is 12.3. The molecule has 0 fully saturated rings. The van der Waals surface area contributed by atoms with Gasteiger partial charge in [-0.2, -0.15) is 0 Å². The Labute approximate surface area is 94.1 Å². The summed E-state index contributed by atoms with van der Waals surface area (Å²) in [7, 11) is 3.03. The highest BCUT2D eigenvalue weighted by molar-refractivity contribution is 5.79. The summed E-state index contributed by atoms with van der Waals surface area (Å²) in [6, 6.07) is 3.27. The lowest BCUT2D eigenvalue weighted by Crippen LogP contribution is -1.95. The molecule has 0 radical (unpaired) electrons. The van der Waals surface area contributed by atoms with Crippen LogP contribution in [0.2, 0.25) is 0 Å². The summed E-state index contributed by atoms with van der Waals surface area (Å²) in [5.74, 6) is 1.03. The van der Waals surface area contributed by atoms with E-state index in [1.54, 1.807) is 24.3 Å². The van der Waals surface area contributed by atoms with E-state index in [9.17, 15) is 4.79 Å². The third-order valence-corrected chi connectivity index (χ3v) is 2.07. The molecule has 1 aromatic carbocycles. The van der Waals surface area contributed by atoms with E-state index in [2.05, 4.69) is 0 Å². The van der Waals surface area contributed by atoms with Gasteiger partial charge < -0.3 is 14.6 Å². The van der Waals surface area contributed by atoms with E-state index < -0.39 is 0 Å². The van der Waals surface area contributed by atoms with Gasteiger partial charge in [0, 0.05) is 11.1 Å². The molecule has 0 atom stereocenters. The summed E-state index contributed by atoms with van der Waals surface area (Å²) in [6.45, 7) is -0.0726. The number of hydrogen-bond acceptors (Lipinski definition) is 4. The lowest BCUT2D eigenvalue weighted by molar-refractivity contribution is 0.112. The van der Waals surface area contributed by atoms with Gasteiger partial charge in [0.2, 0.25) is 0 Å². The van der Waals surface area contributed by atoms with Gasteiger partial charge in [0.1, 0.15) is 6.29 Å². The zero-order valence-corrected chi connectivity index (χ0v) is 9.27. The van der Waals surface area contributed by atoms with Gasteiger partial charge in [0.15, 0.2) is 11.5 Å². The third-order valence-electron chi connectivity index (χ3n) is 2.07. The zero-order chi connectivity index (χ0) is 12.0. The molecule has 0 bridgehead atoms. The Kier molecular flexibility index (Phi) is 4.54. The van der Waals surface area contributed by atoms with E-state index in [4.69, 9.17) is 14.6 Å². The van der Waals surface area contributed by atoms with E-state index in [0.29, 0.717) is 22.6 Å². The summed E-state index contributed by atoms with van der Waals surface area (Å²) >= 11 is 0. The zero-order valence-electron chi connectivity index (χ0n) is 9.27. The summed E-state index contributed by atoms with van der Waals surface area (Å²) < 4.78 is 10.3. The predicted octanol–water partition coefficient (Wildman–Crippen LogP) is 1.52. The normalized spacial score (nSPS) is 10.4. The molecule has 86 valence electrons. The first-order valence-electron chi connectivity index (χ1n) is 4.75. The Bertz CT molecular complexity index is 396. The van der Waals surface area contributed by atoms with Gasteiger partial charge in [-0.05, 0) is 12.1 Å². The number of aliphatic hydroxyl groups is 1. The van der Waals surface area contributed by atoms with Crippen molar-refractivity contribution in [3.8, 4) is 11.5 Å². The Morgan fingerprint density at radius 3 is 2.56 bits per heavy atom. The van der Waals surface area contributed by atoms with Crippen molar-refractivity contribution in [2.24, 2.45) is 0 Å². The fourth-order valence-electron chi connectivity index (χ4n) is 1.39. The van der Waals surface area contributed by atoms with Crippen LogP contribution in [0.5, 0.6) is 11.5 Å². The Hall–Kier alpha value is -1.81. The monoisotopic (exact) mass is 222 g/mol. The van der Waals surface area contributed by atoms with Crippen LogP contribution in [0.15, 0.2) is 18.2 Å². The van der Waals surface area contributed by atoms with Gasteiger partial charge >= 0.3 is 0 Å². The van der Waals surface area contributed by atoms with Crippen LogP contribution in [0, 0.1) is 0 Å². The molecule has 1 aromatic rings. The molecule has 1 rings (SSSR count). The second-order valence-electron chi connectivity index (χ2n) is 3.05. The molecule has 0 spiro atoms. The first-order valence-corrected chi connectivity index (χ1v) is 4.75. The first-order chi connectivity index (χ1) is 7.76. The van der Waals surface area contributed by atoms with Crippen molar-refractivity contribution in [3.05, 3.63) is 29.3 Å². The number of methoxy groups -OCH3 is 2. The summed E-state index contributed by atoms with van der Waals surface area (Å²) in [4.78, 5) is 10.7. The van der Waals surface area contributed by atoms with E-state index in [0.717, 1.165) is 6.29 Å². The number of rotatable bonds is 5. The molecule has 0 heterocycles. The van der Waals surface area contributed by atoms with Crippen molar-refractivity contribution < 1.29 is 19.4 Å². The van der Waals surface area contributed by atoms with Gasteiger partial charge in [0.25, 0.3) is 0 Å². The average Bonchev–Trinajstić information content (AvgIpc) is 2.34. The Balaban J connectivity index is 3.30. The second kappa shape index (κ2) is 5.92. The highest BCUT2D eigenvalue weighted by Crippen LogP contribution is 2.32. The van der Waals surface area contributed by atoms with E-state index >= 15 is 0 Å². The van der Waals surface area contributed by atoms with Crippen LogP contribution >= 0.6 is 0 Å². The third kappa shape index (κ3) is 2.61. The average molecular weight is 222 g/mol. The number of aliphatic hydroxyl groups excluding tert-OH is 1. The van der Waals surface area contributed by atoms with Crippen LogP contribution in [0.1, 0.15) is 15.9 Å². The Morgan fingerprint density at radius 2 is 2.06 bits per heavy atom. The van der Waals surface area contributed by atoms with Crippen LogP contribution in [0.25, 0.3) is 6.08 Å². The van der Waals surface area contributed by atoms with Crippen LogP contribution in [-0.4, -0.2) is 32.2 Å². The minimum absolute atomic E-state index is 0.0726. The fourth-order valence-corrected chi connectivity index (χ4v) is 1.39. The Morgan fingerprint density at radius 1 is 1.31 bits per heavy atom. The summed E-state index contributed by atoms with van der Waals surface area (Å²) in [5.41, 5.74) is 1.19. The van der Waals surface area contributed by atoms with Crippen molar-refractivity contribution in [1.29, 1.82) is 0 Å². The largest absolute Gasteiger partial charge is 0.493 e. The minimum Gasteiger partial charge on any atom is -0.493 e. The maximum atomic E-state index is 10.7. The van der Waals surface area contributed by atoms with Gasteiger partial charge in [-0.3, -0.25) is 4.79 Å². The standard InChI is InChI=1S/C12H14O4/c1-15-11-7-9(8-14)6-10(4-3-5-13)12(11)16-2/h3-4,6-8,13H,5H2,1-2H3. The van der Waals surface area contributed by atoms with Gasteiger partial charge in [-0.25, -0.2) is 0 Å². The molecule has 0 aliphatic rings. The molecule has 0 saturated carbocycles. The topological polar surface area (TPSA) is 55.8 Å². The lowest BCUT2D eigenvalue weighted by Gasteiger charge is -2.11. The molecular formula is C12H14O4. The molecule has 4 nitrogen and oxygen atoms in total. The number of aldehydes is 1. The highest BCUT2D eigenvalue weighted by atomic mass is 16.5. The molecule has 0 saturated heterocycles. The van der Waals surface area contributed by atoms with Crippen molar-refractivity contribution >= 4 is 12.4 Å². The molecular weight excluding hydrogens is 208 g/mol. The van der Waals surface area contributed by atoms with E-state index in [1.807, 2.05) is 0 Å². The maximum absolute atomic E-state index is 10.7. The fraction of sp³-hybridized carbons (Fsp3) is 0.250. The summed E-state index contributed by atoms with van der Waals surface area (Å²) in [6.07, 6.45) is 3.97. The lowest BCUT2D eigenvalue weighted by atomic mass is 10.1. The van der Waals surface area contributed by atoms with Crippen molar-refractivity contribution in [2.45, 2.75) is 0 Å². The number of ether oxygens (including phenoxy) is 2. The van der Waals surface area contributed by atoms with Crippen LogP contribution in [0.3, 0.4) is 0 Å². The van der Waals surface area contributed by atoms with Crippen molar-refractivity contribution in [1.82, 2.24) is 0 Å². The second-order valence-corrected chi connectivity index (χ2v) is 3.05. The molecule has 0 aromatic heterocycles. The smallest absolute Gasteiger partial charge is 0.167 e.